The maximum absolute atomic E-state index is 4.66. The number of hydrogen-bond acceptors (Lipinski definition) is 4. The zero-order valence-electron chi connectivity index (χ0n) is 12.5. The smallest absolute Gasteiger partial charge is 0.136 e. The largest absolute Gasteiger partial charge is 0.370 e. The first-order chi connectivity index (χ1) is 9.08. The molecule has 1 atom stereocenters. The van der Waals surface area contributed by atoms with Crippen molar-refractivity contribution in [1.82, 2.24) is 9.97 Å². The van der Waals surface area contributed by atoms with Gasteiger partial charge in [-0.05, 0) is 39.0 Å². The molecule has 0 aromatic carbocycles. The van der Waals surface area contributed by atoms with Crippen LogP contribution in [0.3, 0.4) is 0 Å². The van der Waals surface area contributed by atoms with Crippen LogP contribution in [-0.2, 0) is 0 Å². The molecule has 1 saturated carbocycles. The van der Waals surface area contributed by atoms with Crippen LogP contribution in [0.15, 0.2) is 6.07 Å². The minimum atomic E-state index is 0.441. The number of nitrogens with zero attached hydrogens (tertiary/aromatic N) is 2. The van der Waals surface area contributed by atoms with Crippen LogP contribution in [-0.4, -0.2) is 22.6 Å². The van der Waals surface area contributed by atoms with E-state index in [4.69, 9.17) is 0 Å². The first-order valence-electron chi connectivity index (χ1n) is 7.47. The summed E-state index contributed by atoms with van der Waals surface area (Å²) in [6.45, 7) is 9.69. The van der Waals surface area contributed by atoms with Gasteiger partial charge in [0.15, 0.2) is 0 Å². The Hall–Kier alpha value is -1.32. The monoisotopic (exact) mass is 262 g/mol. The highest BCUT2D eigenvalue weighted by molar-refractivity contribution is 5.48. The fourth-order valence-corrected chi connectivity index (χ4v) is 2.35. The van der Waals surface area contributed by atoms with E-state index in [0.717, 1.165) is 30.4 Å². The van der Waals surface area contributed by atoms with Crippen molar-refractivity contribution in [3.8, 4) is 0 Å². The SMILES string of the molecule is CCNc1cc(NC(C)CC(C)C)nc(C2CC2)n1. The van der Waals surface area contributed by atoms with Crippen LogP contribution in [0.2, 0.25) is 0 Å². The Labute approximate surface area is 116 Å². The van der Waals surface area contributed by atoms with E-state index in [-0.39, 0.29) is 0 Å². The van der Waals surface area contributed by atoms with Crippen molar-refractivity contribution in [3.05, 3.63) is 11.9 Å². The zero-order valence-corrected chi connectivity index (χ0v) is 12.5. The zero-order chi connectivity index (χ0) is 13.8. The van der Waals surface area contributed by atoms with Crippen molar-refractivity contribution >= 4 is 11.6 Å². The summed E-state index contributed by atoms with van der Waals surface area (Å²) in [6, 6.07) is 2.46. The lowest BCUT2D eigenvalue weighted by molar-refractivity contribution is 0.538. The topological polar surface area (TPSA) is 49.8 Å². The fourth-order valence-electron chi connectivity index (χ4n) is 2.35. The van der Waals surface area contributed by atoms with Gasteiger partial charge >= 0.3 is 0 Å². The third-order valence-electron chi connectivity index (χ3n) is 3.26. The molecule has 1 aromatic heterocycles. The number of anilines is 2. The van der Waals surface area contributed by atoms with Gasteiger partial charge in [0.2, 0.25) is 0 Å². The van der Waals surface area contributed by atoms with Crippen molar-refractivity contribution in [2.75, 3.05) is 17.2 Å². The second-order valence-corrected chi connectivity index (χ2v) is 5.98. The van der Waals surface area contributed by atoms with E-state index in [9.17, 15) is 0 Å². The van der Waals surface area contributed by atoms with E-state index < -0.39 is 0 Å². The molecule has 0 spiro atoms. The molecule has 4 heteroatoms. The van der Waals surface area contributed by atoms with E-state index in [1.807, 2.05) is 6.07 Å². The number of nitrogens with one attached hydrogen (secondary N) is 2. The number of aromatic nitrogens is 2. The molecule has 106 valence electrons. The molecule has 0 saturated heterocycles. The Kier molecular flexibility index (Phi) is 4.61. The van der Waals surface area contributed by atoms with Crippen molar-refractivity contribution in [2.24, 2.45) is 5.92 Å². The molecular weight excluding hydrogens is 236 g/mol. The lowest BCUT2D eigenvalue weighted by atomic mass is 10.1. The minimum absolute atomic E-state index is 0.441. The van der Waals surface area contributed by atoms with Crippen molar-refractivity contribution < 1.29 is 0 Å². The summed E-state index contributed by atoms with van der Waals surface area (Å²) in [6.07, 6.45) is 3.62. The van der Waals surface area contributed by atoms with Crippen LogP contribution in [0.5, 0.6) is 0 Å². The van der Waals surface area contributed by atoms with Crippen LogP contribution in [0.25, 0.3) is 0 Å². The minimum Gasteiger partial charge on any atom is -0.370 e. The summed E-state index contributed by atoms with van der Waals surface area (Å²) in [5.41, 5.74) is 0. The lowest BCUT2D eigenvalue weighted by Gasteiger charge is -2.17. The summed E-state index contributed by atoms with van der Waals surface area (Å²) in [5.74, 6) is 4.18. The molecular formula is C15H26N4. The average Bonchev–Trinajstić information content (AvgIpc) is 3.11. The standard InChI is InChI=1S/C15H26N4/c1-5-16-13-9-14(17-11(4)8-10(2)3)19-15(18-13)12-6-7-12/h9-12H,5-8H2,1-4H3,(H2,16,17,18,19). The normalized spacial score (nSPS) is 16.5. The molecule has 1 aromatic rings. The highest BCUT2D eigenvalue weighted by atomic mass is 15.1. The summed E-state index contributed by atoms with van der Waals surface area (Å²) < 4.78 is 0. The van der Waals surface area contributed by atoms with Gasteiger partial charge in [-0.25, -0.2) is 9.97 Å². The van der Waals surface area contributed by atoms with Gasteiger partial charge in [0.25, 0.3) is 0 Å². The molecule has 4 nitrogen and oxygen atoms in total. The first kappa shape index (κ1) is 14.1. The molecule has 0 radical (unpaired) electrons. The van der Waals surface area contributed by atoms with E-state index in [0.29, 0.717) is 17.9 Å². The van der Waals surface area contributed by atoms with Gasteiger partial charge in [0, 0.05) is 24.6 Å². The molecule has 1 unspecified atom stereocenters. The van der Waals surface area contributed by atoms with Crippen LogP contribution in [0.4, 0.5) is 11.6 Å². The average molecular weight is 262 g/mol. The van der Waals surface area contributed by atoms with Crippen molar-refractivity contribution in [1.29, 1.82) is 0 Å². The summed E-state index contributed by atoms with van der Waals surface area (Å²) in [5, 5.41) is 6.80. The first-order valence-corrected chi connectivity index (χ1v) is 7.47. The Morgan fingerprint density at radius 3 is 2.47 bits per heavy atom. The van der Waals surface area contributed by atoms with Gasteiger partial charge in [-0.2, -0.15) is 0 Å². The number of hydrogen-bond donors (Lipinski definition) is 2. The summed E-state index contributed by atoms with van der Waals surface area (Å²) in [7, 11) is 0. The molecule has 1 fully saturated rings. The Morgan fingerprint density at radius 2 is 1.89 bits per heavy atom. The van der Waals surface area contributed by atoms with Crippen LogP contribution < -0.4 is 10.6 Å². The van der Waals surface area contributed by atoms with E-state index in [2.05, 4.69) is 48.3 Å². The quantitative estimate of drug-likeness (QED) is 0.788. The van der Waals surface area contributed by atoms with Crippen LogP contribution in [0, 0.1) is 5.92 Å². The Morgan fingerprint density at radius 1 is 1.21 bits per heavy atom. The Bertz CT molecular complexity index is 413. The maximum atomic E-state index is 4.66. The van der Waals surface area contributed by atoms with E-state index >= 15 is 0 Å². The maximum Gasteiger partial charge on any atom is 0.136 e. The van der Waals surface area contributed by atoms with Gasteiger partial charge < -0.3 is 10.6 Å². The Balaban J connectivity index is 2.09. The molecule has 0 bridgehead atoms. The summed E-state index contributed by atoms with van der Waals surface area (Å²) in [4.78, 5) is 9.25. The fraction of sp³-hybridized carbons (Fsp3) is 0.733. The van der Waals surface area contributed by atoms with E-state index in [1.165, 1.54) is 12.8 Å². The van der Waals surface area contributed by atoms with Crippen LogP contribution >= 0.6 is 0 Å². The van der Waals surface area contributed by atoms with Gasteiger partial charge in [-0.3, -0.25) is 0 Å². The highest BCUT2D eigenvalue weighted by Gasteiger charge is 2.27. The van der Waals surface area contributed by atoms with Crippen molar-refractivity contribution in [3.63, 3.8) is 0 Å². The van der Waals surface area contributed by atoms with Gasteiger partial charge in [0.1, 0.15) is 17.5 Å². The third-order valence-corrected chi connectivity index (χ3v) is 3.26. The highest BCUT2D eigenvalue weighted by Crippen LogP contribution is 2.38. The number of rotatable bonds is 7. The molecule has 1 aliphatic rings. The van der Waals surface area contributed by atoms with E-state index in [1.54, 1.807) is 0 Å². The second-order valence-electron chi connectivity index (χ2n) is 5.98. The summed E-state index contributed by atoms with van der Waals surface area (Å²) >= 11 is 0. The second kappa shape index (κ2) is 6.22. The molecule has 1 aliphatic carbocycles. The molecule has 2 N–H and O–H groups in total. The molecule has 1 heterocycles. The van der Waals surface area contributed by atoms with Gasteiger partial charge in [-0.1, -0.05) is 13.8 Å². The van der Waals surface area contributed by atoms with Gasteiger partial charge in [0.05, 0.1) is 0 Å². The third kappa shape index (κ3) is 4.37. The molecule has 19 heavy (non-hydrogen) atoms. The molecule has 0 aliphatic heterocycles. The lowest BCUT2D eigenvalue weighted by Crippen LogP contribution is -2.19. The predicted molar refractivity (Wildman–Crippen MR) is 80.7 cm³/mol. The van der Waals surface area contributed by atoms with Gasteiger partial charge in [-0.15, -0.1) is 0 Å². The van der Waals surface area contributed by atoms with Crippen LogP contribution in [0.1, 0.15) is 58.7 Å². The van der Waals surface area contributed by atoms with Crippen molar-refractivity contribution in [2.45, 2.75) is 58.9 Å². The molecule has 2 rings (SSSR count). The predicted octanol–water partition coefficient (Wildman–Crippen LogP) is 3.63. The molecule has 0 amide bonds.